The molecule has 0 unspecified atom stereocenters. The number of aromatic nitrogens is 3. The summed E-state index contributed by atoms with van der Waals surface area (Å²) in [6.07, 6.45) is 1.58. The molecule has 25 heavy (non-hydrogen) atoms. The van der Waals surface area contributed by atoms with Crippen LogP contribution in [0.15, 0.2) is 34.6 Å². The quantitative estimate of drug-likeness (QED) is 0.663. The van der Waals surface area contributed by atoms with Crippen molar-refractivity contribution in [1.29, 1.82) is 0 Å². The molecule has 2 heterocycles. The second-order valence-corrected chi connectivity index (χ2v) is 7.46. The van der Waals surface area contributed by atoms with Crippen molar-refractivity contribution in [1.82, 2.24) is 14.8 Å². The molecule has 0 bridgehead atoms. The molecule has 3 rings (SSSR count). The highest BCUT2D eigenvalue weighted by Crippen LogP contribution is 2.24. The van der Waals surface area contributed by atoms with Gasteiger partial charge in [-0.2, -0.15) is 9.78 Å². The van der Waals surface area contributed by atoms with E-state index in [1.807, 2.05) is 37.2 Å². The summed E-state index contributed by atoms with van der Waals surface area (Å²) < 4.78 is 1.25. The lowest BCUT2D eigenvalue weighted by Gasteiger charge is -2.19. The highest BCUT2D eigenvalue weighted by molar-refractivity contribution is 7.09. The second kappa shape index (κ2) is 7.15. The van der Waals surface area contributed by atoms with E-state index < -0.39 is 0 Å². The van der Waals surface area contributed by atoms with E-state index in [9.17, 15) is 4.79 Å². The molecule has 0 radical (unpaired) electrons. The predicted molar refractivity (Wildman–Crippen MR) is 104 cm³/mol. The third-order valence-electron chi connectivity index (χ3n) is 3.75. The average Bonchev–Trinajstić information content (AvgIpc) is 2.97. The molecule has 0 aliphatic rings. The van der Waals surface area contributed by atoms with Crippen LogP contribution in [-0.2, 0) is 6.54 Å². The van der Waals surface area contributed by atoms with Crippen LogP contribution in [0.3, 0.4) is 0 Å². The van der Waals surface area contributed by atoms with Gasteiger partial charge in [-0.1, -0.05) is 29.3 Å². The molecule has 0 N–H and O–H groups in total. The molecule has 0 aliphatic carbocycles. The largest absolute Gasteiger partial charge is 0.365 e. The molecule has 5 nitrogen and oxygen atoms in total. The average molecular weight is 395 g/mol. The monoisotopic (exact) mass is 394 g/mol. The van der Waals surface area contributed by atoms with E-state index in [1.165, 1.54) is 4.68 Å². The zero-order valence-corrected chi connectivity index (χ0v) is 16.3. The van der Waals surface area contributed by atoms with E-state index in [1.54, 1.807) is 29.7 Å². The van der Waals surface area contributed by atoms with Gasteiger partial charge in [-0.3, -0.25) is 4.79 Å². The van der Waals surface area contributed by atoms with E-state index in [-0.39, 0.29) is 10.6 Å². The van der Waals surface area contributed by atoms with Crippen molar-refractivity contribution in [2.45, 2.75) is 20.4 Å². The van der Waals surface area contributed by atoms with Crippen molar-refractivity contribution in [3.05, 3.63) is 66.4 Å². The lowest BCUT2D eigenvalue weighted by Crippen LogP contribution is -2.26. The molecular weight excluding hydrogens is 379 g/mol. The Balaban J connectivity index is 1.94. The normalized spacial score (nSPS) is 10.9. The number of benzene rings is 1. The van der Waals surface area contributed by atoms with Crippen molar-refractivity contribution in [3.8, 4) is 5.69 Å². The Morgan fingerprint density at radius 2 is 2.04 bits per heavy atom. The molecular formula is C17H16Cl2N4OS. The fraction of sp³-hybridized carbons (Fsp3) is 0.235. The van der Waals surface area contributed by atoms with Crippen molar-refractivity contribution >= 4 is 40.2 Å². The van der Waals surface area contributed by atoms with Gasteiger partial charge in [-0.05, 0) is 31.5 Å². The molecule has 0 amide bonds. The van der Waals surface area contributed by atoms with Gasteiger partial charge in [0, 0.05) is 23.1 Å². The first kappa shape index (κ1) is 17.9. The number of hydrogen-bond donors (Lipinski definition) is 0. The van der Waals surface area contributed by atoms with Gasteiger partial charge in [-0.25, -0.2) is 4.98 Å². The fourth-order valence-electron chi connectivity index (χ4n) is 2.35. The van der Waals surface area contributed by atoms with E-state index >= 15 is 0 Å². The summed E-state index contributed by atoms with van der Waals surface area (Å²) >= 11 is 14.0. The summed E-state index contributed by atoms with van der Waals surface area (Å²) in [5.41, 5.74) is 2.66. The molecule has 0 spiro atoms. The molecule has 2 aromatic heterocycles. The van der Waals surface area contributed by atoms with Gasteiger partial charge in [0.15, 0.2) is 0 Å². The summed E-state index contributed by atoms with van der Waals surface area (Å²) in [7, 11) is 1.85. The molecule has 130 valence electrons. The number of anilines is 1. The van der Waals surface area contributed by atoms with Crippen molar-refractivity contribution < 1.29 is 0 Å². The molecule has 8 heteroatoms. The minimum Gasteiger partial charge on any atom is -0.365 e. The van der Waals surface area contributed by atoms with Crippen LogP contribution in [-0.4, -0.2) is 21.8 Å². The predicted octanol–water partition coefficient (Wildman–Crippen LogP) is 4.25. The van der Waals surface area contributed by atoms with Crippen LogP contribution < -0.4 is 10.5 Å². The summed E-state index contributed by atoms with van der Waals surface area (Å²) in [4.78, 5) is 18.9. The number of hydrogen-bond acceptors (Lipinski definition) is 5. The molecule has 0 aliphatic heterocycles. The van der Waals surface area contributed by atoms with Gasteiger partial charge < -0.3 is 4.90 Å². The Morgan fingerprint density at radius 3 is 2.68 bits per heavy atom. The lowest BCUT2D eigenvalue weighted by atomic mass is 10.2. The Labute approximate surface area is 159 Å². The fourth-order valence-corrected chi connectivity index (χ4v) is 3.62. The zero-order valence-electron chi connectivity index (χ0n) is 14.0. The van der Waals surface area contributed by atoms with Gasteiger partial charge in [0.2, 0.25) is 0 Å². The van der Waals surface area contributed by atoms with Crippen LogP contribution in [0.4, 0.5) is 5.69 Å². The maximum Gasteiger partial charge on any atom is 0.292 e. The van der Waals surface area contributed by atoms with E-state index in [0.717, 1.165) is 16.3 Å². The van der Waals surface area contributed by atoms with Crippen LogP contribution in [0.1, 0.15) is 16.3 Å². The Morgan fingerprint density at radius 1 is 1.28 bits per heavy atom. The maximum atomic E-state index is 12.6. The van der Waals surface area contributed by atoms with Crippen molar-refractivity contribution in [3.63, 3.8) is 0 Å². The van der Waals surface area contributed by atoms with Crippen LogP contribution in [0.5, 0.6) is 0 Å². The van der Waals surface area contributed by atoms with Gasteiger partial charge in [0.05, 0.1) is 24.1 Å². The first-order valence-electron chi connectivity index (χ1n) is 7.53. The highest BCUT2D eigenvalue weighted by Gasteiger charge is 2.15. The third kappa shape index (κ3) is 3.71. The third-order valence-corrected chi connectivity index (χ3v) is 5.46. The first-order valence-corrected chi connectivity index (χ1v) is 9.17. The number of nitrogens with zero attached hydrogens (tertiary/aromatic N) is 4. The summed E-state index contributed by atoms with van der Waals surface area (Å²) in [5.74, 6) is 0. The van der Waals surface area contributed by atoms with Crippen molar-refractivity contribution in [2.75, 3.05) is 11.9 Å². The van der Waals surface area contributed by atoms with Crippen LogP contribution >= 0.6 is 34.5 Å². The molecule has 0 atom stereocenters. The van der Waals surface area contributed by atoms with Gasteiger partial charge >= 0.3 is 0 Å². The highest BCUT2D eigenvalue weighted by atomic mass is 35.5. The van der Waals surface area contributed by atoms with Crippen LogP contribution in [0, 0.1) is 13.8 Å². The first-order chi connectivity index (χ1) is 11.9. The van der Waals surface area contributed by atoms with E-state index in [2.05, 4.69) is 10.1 Å². The Kier molecular flexibility index (Phi) is 5.13. The minimum absolute atomic E-state index is 0.113. The second-order valence-electron chi connectivity index (χ2n) is 5.73. The Bertz CT molecular complexity index is 983. The van der Waals surface area contributed by atoms with E-state index in [0.29, 0.717) is 22.9 Å². The van der Waals surface area contributed by atoms with Gasteiger partial charge in [-0.15, -0.1) is 11.3 Å². The van der Waals surface area contributed by atoms with Crippen LogP contribution in [0.25, 0.3) is 5.69 Å². The molecule has 0 saturated heterocycles. The topological polar surface area (TPSA) is 51.0 Å². The van der Waals surface area contributed by atoms with Crippen LogP contribution in [0.2, 0.25) is 10.0 Å². The summed E-state index contributed by atoms with van der Waals surface area (Å²) in [6, 6.07) is 5.32. The Hall–Kier alpha value is -1.89. The summed E-state index contributed by atoms with van der Waals surface area (Å²) in [5, 5.41) is 7.87. The maximum absolute atomic E-state index is 12.6. The zero-order chi connectivity index (χ0) is 18.1. The van der Waals surface area contributed by atoms with Gasteiger partial charge in [0.25, 0.3) is 5.56 Å². The minimum atomic E-state index is -0.388. The van der Waals surface area contributed by atoms with E-state index in [4.69, 9.17) is 23.2 Å². The molecule has 1 aromatic carbocycles. The smallest absolute Gasteiger partial charge is 0.292 e. The standard InChI is InChI=1S/C17H16Cl2N4OS/c1-10-4-5-12(6-13(10)18)23-17(24)16(19)14(7-20-23)22(3)8-15-21-11(2)9-25-15/h4-7,9H,8H2,1-3H3. The molecule has 3 aromatic rings. The number of halogens is 2. The summed E-state index contributed by atoms with van der Waals surface area (Å²) in [6.45, 7) is 4.40. The van der Waals surface area contributed by atoms with Crippen molar-refractivity contribution in [2.24, 2.45) is 0 Å². The molecule has 0 fully saturated rings. The lowest BCUT2D eigenvalue weighted by molar-refractivity contribution is 0.793. The van der Waals surface area contributed by atoms with Gasteiger partial charge in [0.1, 0.15) is 10.0 Å². The number of thiazole rings is 1. The molecule has 0 saturated carbocycles. The SMILES string of the molecule is Cc1csc(CN(C)c2cnn(-c3ccc(C)c(Cl)c3)c(=O)c2Cl)n1. The number of rotatable bonds is 4. The number of aryl methyl sites for hydroxylation is 2.